The molecule has 4 N–H and O–H groups in total. The molecule has 5 heteroatoms. The molecule has 0 bridgehead atoms. The Morgan fingerprint density at radius 1 is 1.37 bits per heavy atom. The summed E-state index contributed by atoms with van der Waals surface area (Å²) >= 11 is 0. The number of carboxylic acid groups (broad SMARTS) is 1. The van der Waals surface area contributed by atoms with E-state index in [1.165, 1.54) is 0 Å². The van der Waals surface area contributed by atoms with Crippen molar-refractivity contribution in [1.82, 2.24) is 0 Å². The molecule has 1 saturated carbocycles. The van der Waals surface area contributed by atoms with Gasteiger partial charge in [0.1, 0.15) is 0 Å². The van der Waals surface area contributed by atoms with E-state index in [1.54, 1.807) is 24.3 Å². The largest absolute Gasteiger partial charge is 0.481 e. The number of anilines is 1. The zero-order valence-electron chi connectivity index (χ0n) is 10.8. The maximum atomic E-state index is 11.6. The molecule has 0 heterocycles. The summed E-state index contributed by atoms with van der Waals surface area (Å²) in [6.45, 7) is 1.84. The van der Waals surface area contributed by atoms with Crippen molar-refractivity contribution in [3.05, 3.63) is 29.8 Å². The molecule has 1 aliphatic rings. The summed E-state index contributed by atoms with van der Waals surface area (Å²) in [5.41, 5.74) is 6.34. The SMILES string of the molecule is CC[C@H](N)C(=O)Nc1ccc(C2(C(=O)O)CC2)cc1. The van der Waals surface area contributed by atoms with Crippen LogP contribution in [0.5, 0.6) is 0 Å². The topological polar surface area (TPSA) is 92.4 Å². The van der Waals surface area contributed by atoms with E-state index >= 15 is 0 Å². The number of carboxylic acids is 1. The van der Waals surface area contributed by atoms with Gasteiger partial charge >= 0.3 is 5.97 Å². The Morgan fingerprint density at radius 3 is 2.37 bits per heavy atom. The van der Waals surface area contributed by atoms with Crippen molar-refractivity contribution in [2.75, 3.05) is 5.32 Å². The Kier molecular flexibility index (Phi) is 3.57. The zero-order valence-corrected chi connectivity index (χ0v) is 10.8. The van der Waals surface area contributed by atoms with E-state index in [0.717, 1.165) is 5.56 Å². The van der Waals surface area contributed by atoms with E-state index in [4.69, 9.17) is 5.73 Å². The van der Waals surface area contributed by atoms with Crippen LogP contribution in [0.15, 0.2) is 24.3 Å². The van der Waals surface area contributed by atoms with Gasteiger partial charge < -0.3 is 16.2 Å². The normalized spacial score (nSPS) is 17.6. The predicted octanol–water partition coefficient (Wildman–Crippen LogP) is 1.48. The molecule has 19 heavy (non-hydrogen) atoms. The quantitative estimate of drug-likeness (QED) is 0.749. The lowest BCUT2D eigenvalue weighted by Crippen LogP contribution is -2.34. The lowest BCUT2D eigenvalue weighted by molar-refractivity contribution is -0.140. The van der Waals surface area contributed by atoms with E-state index in [1.807, 2.05) is 6.92 Å². The molecule has 1 aromatic rings. The first-order valence-electron chi connectivity index (χ1n) is 6.40. The van der Waals surface area contributed by atoms with Gasteiger partial charge in [-0.3, -0.25) is 9.59 Å². The first kappa shape index (κ1) is 13.5. The van der Waals surface area contributed by atoms with Crippen molar-refractivity contribution in [2.24, 2.45) is 5.73 Å². The Balaban J connectivity index is 2.07. The van der Waals surface area contributed by atoms with E-state index in [-0.39, 0.29) is 5.91 Å². The first-order valence-corrected chi connectivity index (χ1v) is 6.40. The number of amides is 1. The molecular weight excluding hydrogens is 244 g/mol. The van der Waals surface area contributed by atoms with Gasteiger partial charge in [-0.25, -0.2) is 0 Å². The van der Waals surface area contributed by atoms with Crippen LogP contribution in [0, 0.1) is 0 Å². The van der Waals surface area contributed by atoms with Gasteiger partial charge in [-0.05, 0) is 37.0 Å². The molecule has 0 saturated heterocycles. The van der Waals surface area contributed by atoms with Gasteiger partial charge in [-0.15, -0.1) is 0 Å². The maximum Gasteiger partial charge on any atom is 0.314 e. The van der Waals surface area contributed by atoms with Crippen molar-refractivity contribution in [1.29, 1.82) is 0 Å². The highest BCUT2D eigenvalue weighted by atomic mass is 16.4. The number of benzene rings is 1. The Hall–Kier alpha value is -1.88. The van der Waals surface area contributed by atoms with Crippen molar-refractivity contribution in [3.63, 3.8) is 0 Å². The molecule has 0 aromatic heterocycles. The van der Waals surface area contributed by atoms with E-state index in [2.05, 4.69) is 5.32 Å². The summed E-state index contributed by atoms with van der Waals surface area (Å²) in [7, 11) is 0. The van der Waals surface area contributed by atoms with Gasteiger partial charge in [0.25, 0.3) is 0 Å². The van der Waals surface area contributed by atoms with Crippen LogP contribution in [-0.4, -0.2) is 23.0 Å². The van der Waals surface area contributed by atoms with Crippen LogP contribution < -0.4 is 11.1 Å². The number of nitrogens with one attached hydrogen (secondary N) is 1. The highest BCUT2D eigenvalue weighted by Gasteiger charge is 2.51. The number of carbonyl (C=O) groups excluding carboxylic acids is 1. The average Bonchev–Trinajstić information content (AvgIpc) is 3.20. The molecule has 2 rings (SSSR count). The average molecular weight is 262 g/mol. The Bertz CT molecular complexity index is 492. The fourth-order valence-electron chi connectivity index (χ4n) is 2.04. The van der Waals surface area contributed by atoms with Crippen LogP contribution in [0.2, 0.25) is 0 Å². The van der Waals surface area contributed by atoms with Crippen LogP contribution in [0.3, 0.4) is 0 Å². The fourth-order valence-corrected chi connectivity index (χ4v) is 2.04. The number of carbonyl (C=O) groups is 2. The van der Waals surface area contributed by atoms with E-state index in [0.29, 0.717) is 24.9 Å². The lowest BCUT2D eigenvalue weighted by atomic mass is 9.96. The van der Waals surface area contributed by atoms with Crippen molar-refractivity contribution in [2.45, 2.75) is 37.6 Å². The molecule has 1 amide bonds. The number of nitrogens with two attached hydrogens (primary N) is 1. The summed E-state index contributed by atoms with van der Waals surface area (Å²) in [6.07, 6.45) is 1.93. The Morgan fingerprint density at radius 2 is 1.95 bits per heavy atom. The summed E-state index contributed by atoms with van der Waals surface area (Å²) in [5, 5.41) is 11.9. The number of hydrogen-bond acceptors (Lipinski definition) is 3. The summed E-state index contributed by atoms with van der Waals surface area (Å²) in [5.74, 6) is -1.01. The molecule has 5 nitrogen and oxygen atoms in total. The highest BCUT2D eigenvalue weighted by Crippen LogP contribution is 2.48. The highest BCUT2D eigenvalue weighted by molar-refractivity contribution is 5.94. The van der Waals surface area contributed by atoms with Crippen LogP contribution >= 0.6 is 0 Å². The van der Waals surface area contributed by atoms with Crippen molar-refractivity contribution >= 4 is 17.6 Å². The van der Waals surface area contributed by atoms with Crippen molar-refractivity contribution < 1.29 is 14.7 Å². The van der Waals surface area contributed by atoms with Gasteiger partial charge in [0.05, 0.1) is 11.5 Å². The molecule has 1 fully saturated rings. The maximum absolute atomic E-state index is 11.6. The second kappa shape index (κ2) is 5.01. The first-order chi connectivity index (χ1) is 8.99. The van der Waals surface area contributed by atoms with Crippen LogP contribution in [0.1, 0.15) is 31.7 Å². The van der Waals surface area contributed by atoms with E-state index in [9.17, 15) is 14.7 Å². The molecule has 0 unspecified atom stereocenters. The minimum atomic E-state index is -0.780. The zero-order chi connectivity index (χ0) is 14.0. The third kappa shape index (κ3) is 2.61. The third-order valence-electron chi connectivity index (χ3n) is 3.64. The molecule has 1 aliphatic carbocycles. The number of aliphatic carboxylic acids is 1. The third-order valence-corrected chi connectivity index (χ3v) is 3.64. The van der Waals surface area contributed by atoms with Crippen LogP contribution in [0.4, 0.5) is 5.69 Å². The second-order valence-electron chi connectivity index (χ2n) is 4.97. The molecule has 0 radical (unpaired) electrons. The van der Waals surface area contributed by atoms with E-state index < -0.39 is 17.4 Å². The number of hydrogen-bond donors (Lipinski definition) is 3. The molecule has 0 spiro atoms. The van der Waals surface area contributed by atoms with Crippen LogP contribution in [-0.2, 0) is 15.0 Å². The minimum Gasteiger partial charge on any atom is -0.481 e. The summed E-state index contributed by atoms with van der Waals surface area (Å²) in [6, 6.07) is 6.44. The van der Waals surface area contributed by atoms with Gasteiger partial charge in [-0.2, -0.15) is 0 Å². The van der Waals surface area contributed by atoms with Crippen LogP contribution in [0.25, 0.3) is 0 Å². The predicted molar refractivity (Wildman–Crippen MR) is 71.9 cm³/mol. The molecular formula is C14H18N2O3. The standard InChI is InChI=1S/C14H18N2O3/c1-2-11(15)12(17)16-10-5-3-9(4-6-10)14(7-8-14)13(18)19/h3-6,11H,2,7-8,15H2,1H3,(H,16,17)(H,18,19)/t11-/m0/s1. The van der Waals surface area contributed by atoms with Gasteiger partial charge in [0.15, 0.2) is 0 Å². The molecule has 1 atom stereocenters. The fraction of sp³-hybridized carbons (Fsp3) is 0.429. The van der Waals surface area contributed by atoms with Gasteiger partial charge in [0.2, 0.25) is 5.91 Å². The second-order valence-corrected chi connectivity index (χ2v) is 4.97. The summed E-state index contributed by atoms with van der Waals surface area (Å²) < 4.78 is 0. The van der Waals surface area contributed by atoms with Gasteiger partial charge in [0, 0.05) is 5.69 Å². The van der Waals surface area contributed by atoms with Crippen molar-refractivity contribution in [3.8, 4) is 0 Å². The minimum absolute atomic E-state index is 0.227. The monoisotopic (exact) mass is 262 g/mol. The lowest BCUT2D eigenvalue weighted by Gasteiger charge is -2.13. The molecule has 0 aliphatic heterocycles. The van der Waals surface area contributed by atoms with Gasteiger partial charge in [-0.1, -0.05) is 19.1 Å². The summed E-state index contributed by atoms with van der Waals surface area (Å²) in [4.78, 5) is 22.8. The smallest absolute Gasteiger partial charge is 0.314 e. The molecule has 102 valence electrons. The molecule has 1 aromatic carbocycles. The Labute approximate surface area is 111 Å². The number of rotatable bonds is 5.